The molecule has 0 saturated heterocycles. The van der Waals surface area contributed by atoms with Gasteiger partial charge < -0.3 is 5.11 Å². The van der Waals surface area contributed by atoms with E-state index in [0.717, 1.165) is 15.5 Å². The molecule has 0 aliphatic rings. The van der Waals surface area contributed by atoms with Crippen molar-refractivity contribution >= 4 is 16.7 Å². The van der Waals surface area contributed by atoms with Gasteiger partial charge in [-0.3, -0.25) is 4.98 Å². The van der Waals surface area contributed by atoms with E-state index in [1.165, 1.54) is 0 Å². The van der Waals surface area contributed by atoms with Crippen molar-refractivity contribution in [1.29, 1.82) is 0 Å². The molecular weight excluding hydrogens is 246 g/mol. The van der Waals surface area contributed by atoms with Crippen molar-refractivity contribution in [2.45, 2.75) is 0 Å². The molecule has 0 fully saturated rings. The Morgan fingerprint density at radius 3 is 2.63 bits per heavy atom. The molecule has 0 aliphatic heterocycles. The van der Waals surface area contributed by atoms with Crippen molar-refractivity contribution in [3.8, 4) is 5.69 Å². The van der Waals surface area contributed by atoms with Crippen molar-refractivity contribution in [3.05, 3.63) is 58.8 Å². The molecule has 0 radical (unpaired) electrons. The first-order chi connectivity index (χ1) is 9.16. The number of H-pyrrole nitrogens is 1. The van der Waals surface area contributed by atoms with Gasteiger partial charge in [0.2, 0.25) is 5.82 Å². The van der Waals surface area contributed by atoms with Crippen molar-refractivity contribution in [1.82, 2.24) is 14.8 Å². The zero-order valence-corrected chi connectivity index (χ0v) is 9.70. The fourth-order valence-corrected chi connectivity index (χ4v) is 1.98. The van der Waals surface area contributed by atoms with Crippen molar-refractivity contribution in [2.75, 3.05) is 0 Å². The summed E-state index contributed by atoms with van der Waals surface area (Å²) in [5.74, 6) is -1.64. The molecule has 94 valence electrons. The van der Waals surface area contributed by atoms with E-state index in [2.05, 4.69) is 10.1 Å². The Morgan fingerprint density at radius 2 is 1.89 bits per heavy atom. The number of hydrogen-bond acceptors (Lipinski definition) is 3. The normalized spacial score (nSPS) is 10.7. The van der Waals surface area contributed by atoms with Crippen LogP contribution in [0, 0.1) is 0 Å². The van der Waals surface area contributed by atoms with Gasteiger partial charge in [0.15, 0.2) is 0 Å². The number of benzene rings is 2. The Hall–Kier alpha value is -2.89. The van der Waals surface area contributed by atoms with E-state index in [1.807, 2.05) is 30.3 Å². The highest BCUT2D eigenvalue weighted by atomic mass is 16.4. The molecule has 1 heterocycles. The van der Waals surface area contributed by atoms with Crippen LogP contribution in [-0.2, 0) is 0 Å². The molecule has 2 aromatic carbocycles. The molecule has 3 aromatic rings. The number of rotatable bonds is 2. The summed E-state index contributed by atoms with van der Waals surface area (Å²) in [4.78, 5) is 24.8. The predicted octanol–water partition coefficient (Wildman–Crippen LogP) is 1.41. The first-order valence-corrected chi connectivity index (χ1v) is 5.57. The minimum atomic E-state index is -1.27. The number of carbonyl (C=O) groups is 1. The van der Waals surface area contributed by atoms with Gasteiger partial charge in [-0.2, -0.15) is 4.68 Å². The van der Waals surface area contributed by atoms with Crippen molar-refractivity contribution < 1.29 is 9.90 Å². The van der Waals surface area contributed by atoms with E-state index >= 15 is 0 Å². The van der Waals surface area contributed by atoms with Crippen LogP contribution in [0.5, 0.6) is 0 Å². The first-order valence-electron chi connectivity index (χ1n) is 5.57. The van der Waals surface area contributed by atoms with E-state index in [4.69, 9.17) is 5.11 Å². The summed E-state index contributed by atoms with van der Waals surface area (Å²) in [5, 5.41) is 14.4. The molecule has 1 aromatic heterocycles. The van der Waals surface area contributed by atoms with Crippen LogP contribution in [0.2, 0.25) is 0 Å². The Labute approximate surface area is 106 Å². The summed E-state index contributed by atoms with van der Waals surface area (Å²) in [5.41, 5.74) is -0.0272. The number of aromatic nitrogens is 3. The van der Waals surface area contributed by atoms with Crippen LogP contribution >= 0.6 is 0 Å². The second-order valence-corrected chi connectivity index (χ2v) is 3.99. The van der Waals surface area contributed by atoms with Gasteiger partial charge in [0.05, 0.1) is 5.69 Å². The summed E-state index contributed by atoms with van der Waals surface area (Å²) in [7, 11) is 0. The van der Waals surface area contributed by atoms with Gasteiger partial charge in [-0.25, -0.2) is 9.59 Å². The van der Waals surface area contributed by atoms with E-state index in [0.29, 0.717) is 5.69 Å². The number of carboxylic acid groups (broad SMARTS) is 1. The van der Waals surface area contributed by atoms with Crippen molar-refractivity contribution in [2.24, 2.45) is 0 Å². The third kappa shape index (κ3) is 1.79. The molecule has 0 aliphatic carbocycles. The Kier molecular flexibility index (Phi) is 2.42. The Balaban J connectivity index is 2.30. The van der Waals surface area contributed by atoms with Gasteiger partial charge in [0.1, 0.15) is 0 Å². The summed E-state index contributed by atoms with van der Waals surface area (Å²) in [6.07, 6.45) is 0. The highest BCUT2D eigenvalue weighted by Gasteiger charge is 2.13. The molecule has 6 heteroatoms. The summed E-state index contributed by atoms with van der Waals surface area (Å²) >= 11 is 0. The lowest BCUT2D eigenvalue weighted by Crippen LogP contribution is -2.16. The van der Waals surface area contributed by atoms with E-state index < -0.39 is 11.7 Å². The van der Waals surface area contributed by atoms with Crippen molar-refractivity contribution in [3.63, 3.8) is 0 Å². The number of hydrogen-bond donors (Lipinski definition) is 2. The van der Waals surface area contributed by atoms with Gasteiger partial charge in [0, 0.05) is 5.39 Å². The van der Waals surface area contributed by atoms with Crippen LogP contribution in [-0.4, -0.2) is 25.8 Å². The Morgan fingerprint density at radius 1 is 1.16 bits per heavy atom. The minimum Gasteiger partial charge on any atom is -0.475 e. The SMILES string of the molecule is O=C(O)c1nn(-c2cccc3ccccc23)c(=O)[nH]1. The second-order valence-electron chi connectivity index (χ2n) is 3.99. The lowest BCUT2D eigenvalue weighted by atomic mass is 10.1. The average molecular weight is 255 g/mol. The lowest BCUT2D eigenvalue weighted by molar-refractivity contribution is 0.0683. The van der Waals surface area contributed by atoms with Crippen LogP contribution in [0.1, 0.15) is 10.6 Å². The van der Waals surface area contributed by atoms with Crippen LogP contribution in [0.25, 0.3) is 16.5 Å². The number of carboxylic acids is 1. The highest BCUT2D eigenvalue weighted by molar-refractivity contribution is 5.90. The largest absolute Gasteiger partial charge is 0.475 e. The molecule has 0 spiro atoms. The van der Waals surface area contributed by atoms with Gasteiger partial charge >= 0.3 is 11.7 Å². The van der Waals surface area contributed by atoms with Gasteiger partial charge in [-0.05, 0) is 11.5 Å². The van der Waals surface area contributed by atoms with Crippen LogP contribution < -0.4 is 5.69 Å². The highest BCUT2D eigenvalue weighted by Crippen LogP contribution is 2.20. The first kappa shape index (κ1) is 11.2. The fraction of sp³-hybridized carbons (Fsp3) is 0. The monoisotopic (exact) mass is 255 g/mol. The lowest BCUT2D eigenvalue weighted by Gasteiger charge is -2.04. The summed E-state index contributed by atoms with van der Waals surface area (Å²) < 4.78 is 1.06. The number of aromatic amines is 1. The quantitative estimate of drug-likeness (QED) is 0.724. The molecule has 3 rings (SSSR count). The molecule has 6 nitrogen and oxygen atoms in total. The second kappa shape index (κ2) is 4.09. The molecule has 0 bridgehead atoms. The topological polar surface area (TPSA) is 88.0 Å². The Bertz CT molecular complexity index is 827. The number of fused-ring (bicyclic) bond motifs is 1. The summed E-state index contributed by atoms with van der Waals surface area (Å²) in [6, 6.07) is 12.9. The van der Waals surface area contributed by atoms with E-state index in [-0.39, 0.29) is 5.82 Å². The van der Waals surface area contributed by atoms with Gasteiger partial charge in [0.25, 0.3) is 0 Å². The standard InChI is InChI=1S/C13H9N3O3/c17-12(18)11-14-13(19)16(15-11)10-7-3-5-8-4-1-2-6-9(8)10/h1-7H,(H,17,18)(H,14,15,19). The zero-order valence-electron chi connectivity index (χ0n) is 9.70. The zero-order chi connectivity index (χ0) is 13.4. The van der Waals surface area contributed by atoms with Crippen LogP contribution in [0.3, 0.4) is 0 Å². The van der Waals surface area contributed by atoms with Gasteiger partial charge in [-0.15, -0.1) is 5.10 Å². The predicted molar refractivity (Wildman–Crippen MR) is 68.7 cm³/mol. The molecule has 0 amide bonds. The number of nitrogens with one attached hydrogen (secondary N) is 1. The minimum absolute atomic E-state index is 0.377. The molecule has 0 atom stereocenters. The van der Waals surface area contributed by atoms with E-state index in [1.54, 1.807) is 12.1 Å². The average Bonchev–Trinajstić information content (AvgIpc) is 2.80. The summed E-state index contributed by atoms with van der Waals surface area (Å²) in [6.45, 7) is 0. The van der Waals surface area contributed by atoms with Gasteiger partial charge in [-0.1, -0.05) is 36.4 Å². The smallest absolute Gasteiger partial charge is 0.373 e. The third-order valence-corrected chi connectivity index (χ3v) is 2.82. The maximum Gasteiger partial charge on any atom is 0.373 e. The fourth-order valence-electron chi connectivity index (χ4n) is 1.98. The molecule has 19 heavy (non-hydrogen) atoms. The van der Waals surface area contributed by atoms with E-state index in [9.17, 15) is 9.59 Å². The number of nitrogens with zero attached hydrogens (tertiary/aromatic N) is 2. The van der Waals surface area contributed by atoms with Crippen LogP contribution in [0.15, 0.2) is 47.3 Å². The third-order valence-electron chi connectivity index (χ3n) is 2.82. The molecular formula is C13H9N3O3. The maximum absolute atomic E-state index is 11.8. The molecule has 2 N–H and O–H groups in total. The molecule has 0 saturated carbocycles. The maximum atomic E-state index is 11.8. The number of aromatic carboxylic acids is 1. The van der Waals surface area contributed by atoms with Crippen LogP contribution in [0.4, 0.5) is 0 Å². The molecule has 0 unspecified atom stereocenters.